The second-order valence-corrected chi connectivity index (χ2v) is 9.90. The molecule has 1 heterocycles. The molecule has 0 bridgehead atoms. The summed E-state index contributed by atoms with van der Waals surface area (Å²) in [6.45, 7) is 0. The first kappa shape index (κ1) is 21.0. The highest BCUT2D eigenvalue weighted by molar-refractivity contribution is 6.11. The van der Waals surface area contributed by atoms with E-state index in [1.807, 2.05) is 30.5 Å². The number of rotatable bonds is 2. The van der Waals surface area contributed by atoms with Crippen LogP contribution < -0.4 is 0 Å². The SMILES string of the molecule is O=[N+]([O-])c1ccccc1-c1ccc2c3c(cccc13)C1(c3ccccc3-c3ccccc31)c1ncccc1-2. The largest absolute Gasteiger partial charge is 0.277 e. The fourth-order valence-electron chi connectivity index (χ4n) is 6.87. The Bertz CT molecular complexity index is 1930. The number of nitro groups is 1. The normalized spacial score (nSPS) is 13.7. The van der Waals surface area contributed by atoms with Crippen molar-refractivity contribution in [2.45, 2.75) is 5.41 Å². The van der Waals surface area contributed by atoms with Crippen LogP contribution in [0, 0.1) is 10.1 Å². The van der Waals surface area contributed by atoms with Crippen molar-refractivity contribution in [1.29, 1.82) is 0 Å². The van der Waals surface area contributed by atoms with Crippen molar-refractivity contribution in [3.05, 3.63) is 154 Å². The summed E-state index contributed by atoms with van der Waals surface area (Å²) in [4.78, 5) is 16.7. The van der Waals surface area contributed by atoms with Gasteiger partial charge < -0.3 is 0 Å². The Morgan fingerprint density at radius 3 is 1.89 bits per heavy atom. The minimum absolute atomic E-state index is 0.109. The lowest BCUT2D eigenvalue weighted by atomic mass is 9.63. The van der Waals surface area contributed by atoms with Gasteiger partial charge in [0.2, 0.25) is 0 Å². The van der Waals surface area contributed by atoms with Crippen LogP contribution >= 0.6 is 0 Å². The Labute approximate surface area is 219 Å². The van der Waals surface area contributed by atoms with Crippen molar-refractivity contribution in [2.75, 3.05) is 0 Å². The van der Waals surface area contributed by atoms with Crippen molar-refractivity contribution in [3.63, 3.8) is 0 Å². The molecule has 0 saturated heterocycles. The lowest BCUT2D eigenvalue weighted by Gasteiger charge is -2.39. The maximum absolute atomic E-state index is 12.0. The van der Waals surface area contributed by atoms with E-state index in [4.69, 9.17) is 4.98 Å². The van der Waals surface area contributed by atoms with E-state index in [1.165, 1.54) is 22.3 Å². The average Bonchev–Trinajstić information content (AvgIpc) is 3.27. The summed E-state index contributed by atoms with van der Waals surface area (Å²) >= 11 is 0. The number of pyridine rings is 1. The van der Waals surface area contributed by atoms with Crippen molar-refractivity contribution < 1.29 is 4.92 Å². The molecule has 0 amide bonds. The van der Waals surface area contributed by atoms with Crippen LogP contribution in [-0.4, -0.2) is 9.91 Å². The number of para-hydroxylation sites is 1. The van der Waals surface area contributed by atoms with Gasteiger partial charge >= 0.3 is 0 Å². The van der Waals surface area contributed by atoms with E-state index in [0.29, 0.717) is 5.56 Å². The van der Waals surface area contributed by atoms with E-state index in [9.17, 15) is 10.1 Å². The van der Waals surface area contributed by atoms with Gasteiger partial charge in [0.05, 0.1) is 21.6 Å². The first-order valence-corrected chi connectivity index (χ1v) is 12.7. The monoisotopic (exact) mass is 488 g/mol. The quantitative estimate of drug-likeness (QED) is 0.182. The van der Waals surface area contributed by atoms with Gasteiger partial charge in [-0.3, -0.25) is 15.1 Å². The topological polar surface area (TPSA) is 56.0 Å². The molecule has 0 radical (unpaired) electrons. The molecule has 0 unspecified atom stereocenters. The molecule has 0 N–H and O–H groups in total. The Balaban J connectivity index is 1.58. The summed E-state index contributed by atoms with van der Waals surface area (Å²) < 4.78 is 0. The van der Waals surface area contributed by atoms with Crippen molar-refractivity contribution in [3.8, 4) is 33.4 Å². The minimum Gasteiger partial charge on any atom is -0.259 e. The van der Waals surface area contributed by atoms with Crippen LogP contribution in [0.1, 0.15) is 22.4 Å². The molecule has 178 valence electrons. The first-order chi connectivity index (χ1) is 18.7. The van der Waals surface area contributed by atoms with E-state index >= 15 is 0 Å². The lowest BCUT2D eigenvalue weighted by Crippen LogP contribution is -2.33. The third-order valence-electron chi connectivity index (χ3n) is 8.24. The number of fused-ring (bicyclic) bond motifs is 9. The Kier molecular flexibility index (Phi) is 4.13. The fourth-order valence-corrected chi connectivity index (χ4v) is 6.87. The number of nitrogens with zero attached hydrogens (tertiary/aromatic N) is 2. The number of hydrogen-bond acceptors (Lipinski definition) is 3. The van der Waals surface area contributed by atoms with Crippen LogP contribution in [0.15, 0.2) is 121 Å². The molecule has 1 aromatic heterocycles. The fraction of sp³-hybridized carbons (Fsp3) is 0.0294. The van der Waals surface area contributed by atoms with Gasteiger partial charge in [-0.1, -0.05) is 97.1 Å². The molecule has 1 spiro atoms. The predicted molar refractivity (Wildman–Crippen MR) is 150 cm³/mol. The average molecular weight is 489 g/mol. The predicted octanol–water partition coefficient (Wildman–Crippen LogP) is 8.15. The van der Waals surface area contributed by atoms with Gasteiger partial charge in [0, 0.05) is 17.8 Å². The molecular formula is C34H20N2O2. The second kappa shape index (κ2) is 7.46. The summed E-state index contributed by atoms with van der Waals surface area (Å²) in [7, 11) is 0. The maximum atomic E-state index is 12.0. The van der Waals surface area contributed by atoms with Crippen LogP contribution in [0.5, 0.6) is 0 Å². The van der Waals surface area contributed by atoms with E-state index in [2.05, 4.69) is 78.9 Å². The van der Waals surface area contributed by atoms with Gasteiger partial charge in [-0.05, 0) is 61.8 Å². The van der Waals surface area contributed by atoms with Crippen LogP contribution in [0.4, 0.5) is 5.69 Å². The first-order valence-electron chi connectivity index (χ1n) is 12.7. The van der Waals surface area contributed by atoms with Crippen molar-refractivity contribution in [1.82, 2.24) is 4.98 Å². The van der Waals surface area contributed by atoms with E-state index in [0.717, 1.165) is 38.7 Å². The maximum Gasteiger partial charge on any atom is 0.277 e. The van der Waals surface area contributed by atoms with Gasteiger partial charge in [-0.25, -0.2) is 0 Å². The highest BCUT2D eigenvalue weighted by Gasteiger charge is 2.51. The highest BCUT2D eigenvalue weighted by Crippen LogP contribution is 2.61. The summed E-state index contributed by atoms with van der Waals surface area (Å²) in [6, 6.07) is 38.9. The Hall–Kier alpha value is -5.09. The van der Waals surface area contributed by atoms with Crippen molar-refractivity contribution >= 4 is 16.5 Å². The molecule has 0 fully saturated rings. The third kappa shape index (κ3) is 2.47. The molecule has 5 aromatic carbocycles. The van der Waals surface area contributed by atoms with E-state index < -0.39 is 5.41 Å². The summed E-state index contributed by atoms with van der Waals surface area (Å²) in [5, 5.41) is 14.1. The van der Waals surface area contributed by atoms with Crippen LogP contribution in [0.3, 0.4) is 0 Å². The number of benzene rings is 5. The van der Waals surface area contributed by atoms with Gasteiger partial charge in [-0.15, -0.1) is 0 Å². The molecule has 0 atom stereocenters. The number of nitro benzene ring substituents is 1. The van der Waals surface area contributed by atoms with Crippen LogP contribution in [0.25, 0.3) is 44.2 Å². The molecule has 4 heteroatoms. The molecular weight excluding hydrogens is 468 g/mol. The third-order valence-corrected chi connectivity index (χ3v) is 8.24. The molecule has 2 aliphatic carbocycles. The molecule has 0 saturated carbocycles. The van der Waals surface area contributed by atoms with Gasteiger partial charge in [0.15, 0.2) is 0 Å². The number of hydrogen-bond donors (Lipinski definition) is 0. The van der Waals surface area contributed by atoms with Crippen LogP contribution in [-0.2, 0) is 5.41 Å². The van der Waals surface area contributed by atoms with Gasteiger partial charge in [-0.2, -0.15) is 0 Å². The van der Waals surface area contributed by atoms with Gasteiger partial charge in [0.25, 0.3) is 5.69 Å². The summed E-state index contributed by atoms with van der Waals surface area (Å²) in [6.07, 6.45) is 1.89. The Morgan fingerprint density at radius 2 is 1.16 bits per heavy atom. The zero-order chi connectivity index (χ0) is 25.4. The minimum atomic E-state index is -0.586. The summed E-state index contributed by atoms with van der Waals surface area (Å²) in [5.74, 6) is 0. The zero-order valence-corrected chi connectivity index (χ0v) is 20.3. The van der Waals surface area contributed by atoms with E-state index in [1.54, 1.807) is 12.1 Å². The second-order valence-electron chi connectivity index (χ2n) is 9.90. The molecule has 6 aromatic rings. The molecule has 4 nitrogen and oxygen atoms in total. The molecule has 38 heavy (non-hydrogen) atoms. The molecule has 2 aliphatic rings. The zero-order valence-electron chi connectivity index (χ0n) is 20.3. The van der Waals surface area contributed by atoms with Crippen molar-refractivity contribution in [2.24, 2.45) is 0 Å². The molecule has 0 aliphatic heterocycles. The highest BCUT2D eigenvalue weighted by atomic mass is 16.6. The standard InChI is InChI=1S/C34H20N2O2/c37-36(38)31-17-6-3-11-24(31)21-18-19-26-27-13-8-20-35-33(27)34(30-16-7-12-25(21)32(26)30)28-14-4-1-9-22(28)23-10-2-5-15-29(23)34/h1-20H. The molecule has 8 rings (SSSR count). The van der Waals surface area contributed by atoms with Crippen LogP contribution in [0.2, 0.25) is 0 Å². The number of aromatic nitrogens is 1. The van der Waals surface area contributed by atoms with E-state index in [-0.39, 0.29) is 10.6 Å². The van der Waals surface area contributed by atoms with Gasteiger partial charge in [0.1, 0.15) is 0 Å². The smallest absolute Gasteiger partial charge is 0.259 e. The Morgan fingerprint density at radius 1 is 0.553 bits per heavy atom. The lowest BCUT2D eigenvalue weighted by molar-refractivity contribution is -0.384. The summed E-state index contributed by atoms with van der Waals surface area (Å²) in [5.41, 5.74) is 10.3.